The third-order valence-electron chi connectivity index (χ3n) is 3.90. The highest BCUT2D eigenvalue weighted by Gasteiger charge is 2.17. The summed E-state index contributed by atoms with van der Waals surface area (Å²) < 4.78 is 0. The van der Waals surface area contributed by atoms with E-state index in [-0.39, 0.29) is 5.38 Å². The van der Waals surface area contributed by atoms with Crippen LogP contribution in [0, 0.1) is 13.8 Å². The first-order valence-corrected chi connectivity index (χ1v) is 7.30. The Morgan fingerprint density at radius 3 is 2.25 bits per heavy atom. The van der Waals surface area contributed by atoms with E-state index in [1.54, 1.807) is 0 Å². The summed E-state index contributed by atoms with van der Waals surface area (Å²) in [5, 5.41) is 2.38. The fraction of sp³-hybridized carbons (Fsp3) is 0.158. The zero-order valence-corrected chi connectivity index (χ0v) is 12.5. The van der Waals surface area contributed by atoms with Gasteiger partial charge in [0.2, 0.25) is 0 Å². The maximum Gasteiger partial charge on any atom is 0.0846 e. The number of rotatable bonds is 2. The van der Waals surface area contributed by atoms with E-state index < -0.39 is 0 Å². The maximum atomic E-state index is 6.82. The molecule has 0 nitrogen and oxygen atoms in total. The topological polar surface area (TPSA) is 0 Å². The Morgan fingerprint density at radius 2 is 1.45 bits per heavy atom. The van der Waals surface area contributed by atoms with Crippen LogP contribution in [0.15, 0.2) is 60.7 Å². The van der Waals surface area contributed by atoms with Crippen LogP contribution in [0.5, 0.6) is 0 Å². The minimum absolute atomic E-state index is 0.109. The predicted molar refractivity (Wildman–Crippen MR) is 87.6 cm³/mol. The minimum atomic E-state index is -0.109. The van der Waals surface area contributed by atoms with E-state index in [1.807, 2.05) is 0 Å². The number of alkyl halides is 1. The Morgan fingerprint density at radius 1 is 0.750 bits per heavy atom. The van der Waals surface area contributed by atoms with E-state index in [1.165, 1.54) is 33.0 Å². The molecule has 3 rings (SSSR count). The van der Waals surface area contributed by atoms with Crippen molar-refractivity contribution < 1.29 is 0 Å². The molecule has 0 aliphatic heterocycles. The molecule has 1 unspecified atom stereocenters. The van der Waals surface area contributed by atoms with E-state index in [9.17, 15) is 0 Å². The van der Waals surface area contributed by atoms with Crippen molar-refractivity contribution in [3.63, 3.8) is 0 Å². The number of aryl methyl sites for hydroxylation is 2. The van der Waals surface area contributed by atoms with Gasteiger partial charge >= 0.3 is 0 Å². The summed E-state index contributed by atoms with van der Waals surface area (Å²) in [7, 11) is 0. The molecule has 0 radical (unpaired) electrons. The molecule has 0 heterocycles. The summed E-state index contributed by atoms with van der Waals surface area (Å²) in [6, 6.07) is 21.1. The first-order valence-electron chi connectivity index (χ1n) is 6.86. The lowest BCUT2D eigenvalue weighted by atomic mass is 9.92. The molecule has 3 aromatic carbocycles. The molecular formula is C19H17Cl. The van der Waals surface area contributed by atoms with Crippen molar-refractivity contribution in [2.75, 3.05) is 0 Å². The molecule has 100 valence electrons. The van der Waals surface area contributed by atoms with E-state index in [0.29, 0.717) is 0 Å². The van der Waals surface area contributed by atoms with Crippen molar-refractivity contribution in [3.8, 4) is 0 Å². The summed E-state index contributed by atoms with van der Waals surface area (Å²) in [4.78, 5) is 0. The highest BCUT2D eigenvalue weighted by atomic mass is 35.5. The van der Waals surface area contributed by atoms with E-state index in [2.05, 4.69) is 74.5 Å². The van der Waals surface area contributed by atoms with Crippen LogP contribution < -0.4 is 0 Å². The molecule has 20 heavy (non-hydrogen) atoms. The first kappa shape index (κ1) is 13.2. The van der Waals surface area contributed by atoms with Gasteiger partial charge in [0.25, 0.3) is 0 Å². The summed E-state index contributed by atoms with van der Waals surface area (Å²) in [5.41, 5.74) is 4.89. The van der Waals surface area contributed by atoms with Gasteiger partial charge in [-0.25, -0.2) is 0 Å². The molecule has 3 aromatic rings. The predicted octanol–water partition coefficient (Wildman–Crippen LogP) is 5.78. The zero-order chi connectivity index (χ0) is 14.1. The van der Waals surface area contributed by atoms with Gasteiger partial charge in [-0.3, -0.25) is 0 Å². The Kier molecular flexibility index (Phi) is 3.50. The zero-order valence-electron chi connectivity index (χ0n) is 11.7. The molecule has 0 aliphatic rings. The number of benzene rings is 3. The summed E-state index contributed by atoms with van der Waals surface area (Å²) >= 11 is 6.82. The van der Waals surface area contributed by atoms with Crippen molar-refractivity contribution in [2.45, 2.75) is 19.2 Å². The maximum absolute atomic E-state index is 6.82. The van der Waals surface area contributed by atoms with Gasteiger partial charge in [0.05, 0.1) is 5.38 Å². The Bertz CT molecular complexity index is 759. The van der Waals surface area contributed by atoms with Crippen LogP contribution in [0.25, 0.3) is 10.8 Å². The molecule has 0 saturated carbocycles. The van der Waals surface area contributed by atoms with Gasteiger partial charge in [0, 0.05) is 0 Å². The highest BCUT2D eigenvalue weighted by molar-refractivity contribution is 6.24. The van der Waals surface area contributed by atoms with Gasteiger partial charge in [-0.15, -0.1) is 11.6 Å². The quantitative estimate of drug-likeness (QED) is 0.522. The monoisotopic (exact) mass is 280 g/mol. The number of hydrogen-bond acceptors (Lipinski definition) is 0. The van der Waals surface area contributed by atoms with E-state index >= 15 is 0 Å². The van der Waals surface area contributed by atoms with Gasteiger partial charge in [0.15, 0.2) is 0 Å². The standard InChI is InChI=1S/C19H17Cl/c1-13-7-3-5-9-16(13)19(20)18-14(2)11-12-15-8-4-6-10-17(15)18/h3-12,19H,1-2H3. The number of halogens is 1. The molecule has 0 amide bonds. The molecule has 1 heteroatoms. The SMILES string of the molecule is Cc1ccccc1C(Cl)c1c(C)ccc2ccccc12. The lowest BCUT2D eigenvalue weighted by Crippen LogP contribution is -2.00. The van der Waals surface area contributed by atoms with Crippen LogP contribution >= 0.6 is 11.6 Å². The van der Waals surface area contributed by atoms with Crippen molar-refractivity contribution in [3.05, 3.63) is 82.9 Å². The van der Waals surface area contributed by atoms with Crippen molar-refractivity contribution >= 4 is 22.4 Å². The van der Waals surface area contributed by atoms with E-state index in [4.69, 9.17) is 11.6 Å². The lowest BCUT2D eigenvalue weighted by Gasteiger charge is -2.18. The van der Waals surface area contributed by atoms with Gasteiger partial charge < -0.3 is 0 Å². The molecular weight excluding hydrogens is 264 g/mol. The molecule has 0 bridgehead atoms. The van der Waals surface area contributed by atoms with Crippen LogP contribution in [0.2, 0.25) is 0 Å². The largest absolute Gasteiger partial charge is 0.113 e. The first-order chi connectivity index (χ1) is 9.68. The highest BCUT2D eigenvalue weighted by Crippen LogP contribution is 2.37. The van der Waals surface area contributed by atoms with Crippen molar-refractivity contribution in [1.29, 1.82) is 0 Å². The van der Waals surface area contributed by atoms with Gasteiger partial charge in [-0.1, -0.05) is 60.7 Å². The molecule has 0 N–H and O–H groups in total. The smallest absolute Gasteiger partial charge is 0.0846 e. The van der Waals surface area contributed by atoms with Crippen LogP contribution in [0.1, 0.15) is 27.6 Å². The number of hydrogen-bond donors (Lipinski definition) is 0. The van der Waals surface area contributed by atoms with Gasteiger partial charge in [-0.2, -0.15) is 0 Å². The minimum Gasteiger partial charge on any atom is -0.113 e. The molecule has 0 aliphatic carbocycles. The van der Waals surface area contributed by atoms with E-state index in [0.717, 1.165) is 0 Å². The second kappa shape index (κ2) is 5.30. The summed E-state index contributed by atoms with van der Waals surface area (Å²) in [6.07, 6.45) is 0. The number of fused-ring (bicyclic) bond motifs is 1. The third kappa shape index (κ3) is 2.21. The molecule has 0 spiro atoms. The summed E-state index contributed by atoms with van der Waals surface area (Å²) in [6.45, 7) is 4.25. The average molecular weight is 281 g/mol. The molecule has 1 atom stereocenters. The normalized spacial score (nSPS) is 12.6. The Labute approximate surface area is 125 Å². The van der Waals surface area contributed by atoms with Crippen LogP contribution in [-0.4, -0.2) is 0 Å². The Hall–Kier alpha value is -1.79. The lowest BCUT2D eigenvalue weighted by molar-refractivity contribution is 1.10. The van der Waals surface area contributed by atoms with Crippen molar-refractivity contribution in [1.82, 2.24) is 0 Å². The van der Waals surface area contributed by atoms with Gasteiger partial charge in [0.1, 0.15) is 0 Å². The second-order valence-corrected chi connectivity index (χ2v) is 5.67. The Balaban J connectivity index is 2.24. The molecule has 0 fully saturated rings. The van der Waals surface area contributed by atoms with Crippen LogP contribution in [0.3, 0.4) is 0 Å². The second-order valence-electron chi connectivity index (χ2n) is 5.24. The van der Waals surface area contributed by atoms with Crippen LogP contribution in [0.4, 0.5) is 0 Å². The molecule has 0 aromatic heterocycles. The van der Waals surface area contributed by atoms with Crippen molar-refractivity contribution in [2.24, 2.45) is 0 Å². The third-order valence-corrected chi connectivity index (χ3v) is 4.36. The average Bonchev–Trinajstić information content (AvgIpc) is 2.47. The van der Waals surface area contributed by atoms with Gasteiger partial charge in [-0.05, 0) is 46.9 Å². The fourth-order valence-corrected chi connectivity index (χ4v) is 3.30. The molecule has 0 saturated heterocycles. The fourth-order valence-electron chi connectivity index (χ4n) is 2.77. The summed E-state index contributed by atoms with van der Waals surface area (Å²) in [5.74, 6) is 0. The van der Waals surface area contributed by atoms with Crippen LogP contribution in [-0.2, 0) is 0 Å².